The van der Waals surface area contributed by atoms with Gasteiger partial charge in [-0.2, -0.15) is 0 Å². The van der Waals surface area contributed by atoms with E-state index in [-0.39, 0.29) is 0 Å². The molecule has 0 aliphatic heterocycles. The molecule has 72 valence electrons. The summed E-state index contributed by atoms with van der Waals surface area (Å²) >= 11 is 0. The Balaban J connectivity index is -0.0000000315. The van der Waals surface area contributed by atoms with E-state index in [0.29, 0.717) is 0 Å². The minimum atomic E-state index is 1.08. The van der Waals surface area contributed by atoms with Crippen molar-refractivity contribution in [2.75, 3.05) is 0 Å². The Morgan fingerprint density at radius 2 is 1.00 bits per heavy atom. The zero-order chi connectivity index (χ0) is 10.1. The van der Waals surface area contributed by atoms with Crippen molar-refractivity contribution >= 4 is 0 Å². The van der Waals surface area contributed by atoms with Gasteiger partial charge in [-0.15, -0.1) is 6.58 Å². The summed E-state index contributed by atoms with van der Waals surface area (Å²) in [6.45, 7) is 17.8. The Morgan fingerprint density at radius 1 is 0.909 bits per heavy atom. The van der Waals surface area contributed by atoms with Crippen molar-refractivity contribution in [2.45, 2.75) is 61.3 Å². The number of allylic oxidation sites excluding steroid dienone is 1. The molecule has 0 heteroatoms. The van der Waals surface area contributed by atoms with Gasteiger partial charge in [0.15, 0.2) is 0 Å². The van der Waals surface area contributed by atoms with Crippen LogP contribution in [0.15, 0.2) is 12.7 Å². The lowest BCUT2D eigenvalue weighted by molar-refractivity contribution is 1.09. The van der Waals surface area contributed by atoms with Gasteiger partial charge in [-0.05, 0) is 6.42 Å². The maximum Gasteiger partial charge on any atom is -0.0382 e. The van der Waals surface area contributed by atoms with Crippen LogP contribution in [0.2, 0.25) is 0 Å². The lowest BCUT2D eigenvalue weighted by Crippen LogP contribution is -1.36. The summed E-state index contributed by atoms with van der Waals surface area (Å²) in [4.78, 5) is 0. The molecule has 0 aromatic heterocycles. The first-order valence-electron chi connectivity index (χ1n) is 4.94. The third-order valence-corrected chi connectivity index (χ3v) is 0.289. The minimum absolute atomic E-state index is 1.08. The average molecular weight is 160 g/mol. The standard InChI is InChI=1S/C4H8.C3H8.2C2H6/c1-3-4-2;1-3-2;2*1-2/h3H,1,4H2,2H3;3H2,1-2H3;2*1-2H3. The SMILES string of the molecule is C=CCC.CC.CC.CCC. The second kappa shape index (κ2) is 99.1. The Morgan fingerprint density at radius 3 is 1.00 bits per heavy atom. The molecule has 0 bridgehead atoms. The molecule has 0 unspecified atom stereocenters. The van der Waals surface area contributed by atoms with Gasteiger partial charge in [0.1, 0.15) is 0 Å². The molecule has 0 aliphatic rings. The number of hydrogen-bond donors (Lipinski definition) is 0. The van der Waals surface area contributed by atoms with E-state index in [2.05, 4.69) is 27.4 Å². The van der Waals surface area contributed by atoms with Crippen molar-refractivity contribution in [2.24, 2.45) is 0 Å². The van der Waals surface area contributed by atoms with Gasteiger partial charge in [0, 0.05) is 0 Å². The van der Waals surface area contributed by atoms with Gasteiger partial charge in [-0.1, -0.05) is 61.0 Å². The first-order chi connectivity index (χ1) is 5.33. The molecule has 0 saturated carbocycles. The molecular formula is C11H28. The van der Waals surface area contributed by atoms with Gasteiger partial charge in [-0.3, -0.25) is 0 Å². The van der Waals surface area contributed by atoms with Crippen LogP contribution in [0.5, 0.6) is 0 Å². The lowest BCUT2D eigenvalue weighted by Gasteiger charge is -1.57. The van der Waals surface area contributed by atoms with Crippen molar-refractivity contribution in [3.8, 4) is 0 Å². The largest absolute Gasteiger partial charge is 0.103 e. The van der Waals surface area contributed by atoms with E-state index in [1.165, 1.54) is 6.42 Å². The van der Waals surface area contributed by atoms with E-state index in [1.54, 1.807) is 0 Å². The third kappa shape index (κ3) is 1070. The highest BCUT2D eigenvalue weighted by molar-refractivity contribution is 4.60. The molecular weight excluding hydrogens is 132 g/mol. The molecule has 0 fully saturated rings. The fraction of sp³-hybridized carbons (Fsp3) is 0.818. The first kappa shape index (κ1) is 22.4. The summed E-state index contributed by atoms with van der Waals surface area (Å²) in [7, 11) is 0. The summed E-state index contributed by atoms with van der Waals surface area (Å²) in [6, 6.07) is 0. The molecule has 11 heavy (non-hydrogen) atoms. The molecule has 0 aromatic rings. The van der Waals surface area contributed by atoms with Gasteiger partial charge in [0.25, 0.3) is 0 Å². The van der Waals surface area contributed by atoms with E-state index in [1.807, 2.05) is 33.8 Å². The van der Waals surface area contributed by atoms with Crippen LogP contribution in [0.1, 0.15) is 61.3 Å². The first-order valence-corrected chi connectivity index (χ1v) is 4.94. The van der Waals surface area contributed by atoms with E-state index in [9.17, 15) is 0 Å². The molecule has 0 aliphatic carbocycles. The summed E-state index contributed by atoms with van der Waals surface area (Å²) in [6.07, 6.45) is 4.21. The van der Waals surface area contributed by atoms with E-state index in [4.69, 9.17) is 0 Å². The predicted molar refractivity (Wildman–Crippen MR) is 59.1 cm³/mol. The maximum atomic E-state index is 3.48. The normalized spacial score (nSPS) is 5.00. The van der Waals surface area contributed by atoms with Gasteiger partial charge in [-0.25, -0.2) is 0 Å². The Labute approximate surface area is 74.7 Å². The molecule has 0 atom stereocenters. The van der Waals surface area contributed by atoms with Gasteiger partial charge < -0.3 is 0 Å². The molecule has 0 radical (unpaired) electrons. The van der Waals surface area contributed by atoms with E-state index < -0.39 is 0 Å². The number of rotatable bonds is 1. The topological polar surface area (TPSA) is 0 Å². The summed E-state index contributed by atoms with van der Waals surface area (Å²) in [5.41, 5.74) is 0. The summed E-state index contributed by atoms with van der Waals surface area (Å²) < 4.78 is 0. The molecule has 0 aromatic carbocycles. The van der Waals surface area contributed by atoms with Crippen LogP contribution in [0.4, 0.5) is 0 Å². The van der Waals surface area contributed by atoms with Crippen molar-refractivity contribution in [1.82, 2.24) is 0 Å². The van der Waals surface area contributed by atoms with Crippen molar-refractivity contribution in [3.63, 3.8) is 0 Å². The Kier molecular flexibility index (Phi) is 202. The zero-order valence-corrected chi connectivity index (χ0v) is 9.70. The highest BCUT2D eigenvalue weighted by Crippen LogP contribution is 1.66. The van der Waals surface area contributed by atoms with Crippen LogP contribution in [0, 0.1) is 0 Å². The average Bonchev–Trinajstić information content (AvgIpc) is 2.12. The predicted octanol–water partition coefficient (Wildman–Crippen LogP) is 5.05. The zero-order valence-electron chi connectivity index (χ0n) is 9.70. The fourth-order valence-corrected chi connectivity index (χ4v) is 0. The van der Waals surface area contributed by atoms with Gasteiger partial charge in [0.2, 0.25) is 0 Å². The molecule has 0 rings (SSSR count). The molecule has 0 spiro atoms. The molecule has 0 saturated heterocycles. The second-order valence-corrected chi connectivity index (χ2v) is 1.40. The van der Waals surface area contributed by atoms with Crippen molar-refractivity contribution in [3.05, 3.63) is 12.7 Å². The van der Waals surface area contributed by atoms with E-state index >= 15 is 0 Å². The lowest BCUT2D eigenvalue weighted by atomic mass is 10.5. The van der Waals surface area contributed by atoms with Crippen molar-refractivity contribution in [1.29, 1.82) is 0 Å². The number of hydrogen-bond acceptors (Lipinski definition) is 0. The Bertz CT molecular complexity index is 21.2. The quantitative estimate of drug-likeness (QED) is 0.471. The van der Waals surface area contributed by atoms with Crippen LogP contribution >= 0.6 is 0 Å². The minimum Gasteiger partial charge on any atom is -0.103 e. The maximum absolute atomic E-state index is 3.48. The second-order valence-electron chi connectivity index (χ2n) is 1.40. The van der Waals surface area contributed by atoms with Gasteiger partial charge >= 0.3 is 0 Å². The van der Waals surface area contributed by atoms with E-state index in [0.717, 1.165) is 6.42 Å². The third-order valence-electron chi connectivity index (χ3n) is 0.289. The molecule has 0 N–H and O–H groups in total. The summed E-state index contributed by atoms with van der Waals surface area (Å²) in [5.74, 6) is 0. The summed E-state index contributed by atoms with van der Waals surface area (Å²) in [5, 5.41) is 0. The van der Waals surface area contributed by atoms with Crippen LogP contribution in [0.3, 0.4) is 0 Å². The molecule has 0 amide bonds. The fourth-order valence-electron chi connectivity index (χ4n) is 0. The Hall–Kier alpha value is -0.260. The molecule has 0 nitrogen and oxygen atoms in total. The van der Waals surface area contributed by atoms with Crippen LogP contribution in [-0.4, -0.2) is 0 Å². The monoisotopic (exact) mass is 160 g/mol. The smallest absolute Gasteiger partial charge is 0.0382 e. The highest BCUT2D eigenvalue weighted by Gasteiger charge is 1.45. The van der Waals surface area contributed by atoms with Gasteiger partial charge in [0.05, 0.1) is 0 Å². The van der Waals surface area contributed by atoms with Crippen LogP contribution < -0.4 is 0 Å². The van der Waals surface area contributed by atoms with Crippen LogP contribution in [0.25, 0.3) is 0 Å². The van der Waals surface area contributed by atoms with Crippen molar-refractivity contribution < 1.29 is 0 Å². The highest BCUT2D eigenvalue weighted by atomic mass is 13.5. The molecule has 0 heterocycles. The van der Waals surface area contributed by atoms with Crippen LogP contribution in [-0.2, 0) is 0 Å².